The van der Waals surface area contributed by atoms with Crippen molar-refractivity contribution in [3.63, 3.8) is 0 Å². The normalized spacial score (nSPS) is 13.5. The van der Waals surface area contributed by atoms with Gasteiger partial charge < -0.3 is 14.6 Å². The van der Waals surface area contributed by atoms with Crippen LogP contribution in [-0.2, 0) is 6.42 Å². The lowest BCUT2D eigenvalue weighted by Gasteiger charge is -2.10. The van der Waals surface area contributed by atoms with Gasteiger partial charge in [0.1, 0.15) is 11.5 Å². The number of aliphatic hydroxyl groups is 1. The summed E-state index contributed by atoms with van der Waals surface area (Å²) in [7, 11) is 0. The number of rotatable bonds is 8. The van der Waals surface area contributed by atoms with Crippen molar-refractivity contribution in [2.45, 2.75) is 40.2 Å². The molecule has 2 aromatic rings. The van der Waals surface area contributed by atoms with E-state index in [1.54, 1.807) is 13.8 Å². The lowest BCUT2D eigenvalue weighted by atomic mass is 9.99. The Bertz CT molecular complexity index is 1110. The van der Waals surface area contributed by atoms with Gasteiger partial charge >= 0.3 is 5.63 Å². The Labute approximate surface area is 183 Å². The van der Waals surface area contributed by atoms with Crippen molar-refractivity contribution in [1.82, 2.24) is 0 Å². The van der Waals surface area contributed by atoms with Crippen molar-refractivity contribution in [3.8, 4) is 5.75 Å². The van der Waals surface area contributed by atoms with Gasteiger partial charge in [0.2, 0.25) is 0 Å². The third kappa shape index (κ3) is 6.56. The molecule has 0 radical (unpaired) electrons. The van der Waals surface area contributed by atoms with E-state index >= 15 is 0 Å². The molecule has 4 heteroatoms. The zero-order valence-electron chi connectivity index (χ0n) is 18.6. The zero-order valence-corrected chi connectivity index (χ0v) is 18.6. The van der Waals surface area contributed by atoms with Crippen molar-refractivity contribution in [2.24, 2.45) is 0 Å². The highest BCUT2D eigenvalue weighted by Gasteiger charge is 2.11. The number of aromatic hydroxyl groups is 1. The monoisotopic (exact) mass is 418 g/mol. The van der Waals surface area contributed by atoms with Crippen LogP contribution in [-0.4, -0.2) is 10.2 Å². The van der Waals surface area contributed by atoms with Crippen LogP contribution in [0.25, 0.3) is 6.08 Å². The predicted octanol–water partition coefficient (Wildman–Crippen LogP) is 5.80. The van der Waals surface area contributed by atoms with Gasteiger partial charge in [-0.3, -0.25) is 0 Å². The molecule has 0 bridgehead atoms. The smallest absolute Gasteiger partial charge is 0.342 e. The molecule has 162 valence electrons. The van der Waals surface area contributed by atoms with Crippen LogP contribution in [0.5, 0.6) is 5.75 Å². The zero-order chi connectivity index (χ0) is 23.0. The molecule has 1 unspecified atom stereocenters. The number of allylic oxidation sites excluding steroid dienone is 7. The molecule has 1 aromatic heterocycles. The Hall–Kier alpha value is -3.37. The van der Waals surface area contributed by atoms with E-state index in [4.69, 9.17) is 4.42 Å². The minimum absolute atomic E-state index is 0.0000844. The minimum Gasteiger partial charge on any atom is -0.507 e. The van der Waals surface area contributed by atoms with E-state index in [0.29, 0.717) is 17.7 Å². The van der Waals surface area contributed by atoms with E-state index in [-0.39, 0.29) is 11.3 Å². The van der Waals surface area contributed by atoms with Crippen LogP contribution in [0, 0.1) is 20.8 Å². The molecule has 4 nitrogen and oxygen atoms in total. The standard InChI is InChI=1S/C27H30O4/c1-6-24(28)23-17-19(3)13-15-22(23)12-10-8-7-9-11-18(2)14-16-25-20(4)26(29)21(5)27(30)31-25/h6-15,17,24,28-29H,1,16H2,2-5H3/b8-7+,11-9+,12-10+,18-14+. The minimum atomic E-state index is -0.695. The number of aryl methyl sites for hydroxylation is 1. The first-order chi connectivity index (χ1) is 14.7. The van der Waals surface area contributed by atoms with Crippen LogP contribution in [0.3, 0.4) is 0 Å². The lowest BCUT2D eigenvalue weighted by Crippen LogP contribution is -2.07. The molecule has 1 aromatic carbocycles. The Kier molecular flexibility index (Phi) is 8.59. The Morgan fingerprint density at radius 3 is 2.55 bits per heavy atom. The van der Waals surface area contributed by atoms with Gasteiger partial charge in [-0.05, 0) is 38.8 Å². The third-order valence-electron chi connectivity index (χ3n) is 5.01. The average Bonchev–Trinajstić information content (AvgIpc) is 2.76. The highest BCUT2D eigenvalue weighted by molar-refractivity contribution is 5.57. The molecule has 31 heavy (non-hydrogen) atoms. The topological polar surface area (TPSA) is 70.7 Å². The first-order valence-corrected chi connectivity index (χ1v) is 10.2. The van der Waals surface area contributed by atoms with Crippen molar-refractivity contribution in [1.29, 1.82) is 0 Å². The summed E-state index contributed by atoms with van der Waals surface area (Å²) in [5.41, 5.74) is 4.18. The van der Waals surface area contributed by atoms with Crippen LogP contribution in [0.2, 0.25) is 0 Å². The van der Waals surface area contributed by atoms with Crippen molar-refractivity contribution < 1.29 is 14.6 Å². The fourth-order valence-electron chi connectivity index (χ4n) is 3.02. The fraction of sp³-hybridized carbons (Fsp3) is 0.222. The Balaban J connectivity index is 2.02. The third-order valence-corrected chi connectivity index (χ3v) is 5.01. The van der Waals surface area contributed by atoms with Crippen LogP contribution >= 0.6 is 0 Å². The van der Waals surface area contributed by atoms with E-state index < -0.39 is 11.7 Å². The van der Waals surface area contributed by atoms with Crippen LogP contribution in [0.15, 0.2) is 82.1 Å². The molecule has 0 aliphatic carbocycles. The molecule has 1 heterocycles. The van der Waals surface area contributed by atoms with Crippen molar-refractivity contribution >= 4 is 6.08 Å². The van der Waals surface area contributed by atoms with Crippen LogP contribution in [0.1, 0.15) is 46.6 Å². The SMILES string of the molecule is C=CC(O)c1cc(C)ccc1/C=C/C=C/C=C/C(C)=C/Cc1oc(=O)c(C)c(O)c1C. The number of hydrogen-bond acceptors (Lipinski definition) is 4. The van der Waals surface area contributed by atoms with E-state index in [0.717, 1.165) is 22.3 Å². The van der Waals surface area contributed by atoms with Gasteiger partial charge in [0.05, 0.1) is 11.7 Å². The molecule has 2 N–H and O–H groups in total. The summed E-state index contributed by atoms with van der Waals surface area (Å²) in [5.74, 6) is 0.467. The molecule has 0 aliphatic heterocycles. The van der Waals surface area contributed by atoms with Gasteiger partial charge in [0, 0.05) is 12.0 Å². The maximum absolute atomic E-state index is 11.7. The number of hydrogen-bond donors (Lipinski definition) is 2. The summed E-state index contributed by atoms with van der Waals surface area (Å²) < 4.78 is 5.28. The average molecular weight is 419 g/mol. The summed E-state index contributed by atoms with van der Waals surface area (Å²) in [4.78, 5) is 11.7. The molecule has 1 atom stereocenters. The summed E-state index contributed by atoms with van der Waals surface area (Å²) >= 11 is 0. The van der Waals surface area contributed by atoms with Gasteiger partial charge in [-0.2, -0.15) is 0 Å². The second kappa shape index (κ2) is 11.1. The van der Waals surface area contributed by atoms with E-state index in [1.807, 2.05) is 74.6 Å². The molecule has 0 saturated carbocycles. The second-order valence-corrected chi connectivity index (χ2v) is 7.48. The molecule has 2 rings (SSSR count). The van der Waals surface area contributed by atoms with Crippen LogP contribution < -0.4 is 5.63 Å². The molecule has 0 aliphatic rings. The predicted molar refractivity (Wildman–Crippen MR) is 127 cm³/mol. The fourth-order valence-corrected chi connectivity index (χ4v) is 3.02. The lowest BCUT2D eigenvalue weighted by molar-refractivity contribution is 0.229. The molecular weight excluding hydrogens is 388 g/mol. The van der Waals surface area contributed by atoms with E-state index in [1.165, 1.54) is 6.08 Å². The maximum Gasteiger partial charge on any atom is 0.342 e. The summed E-state index contributed by atoms with van der Waals surface area (Å²) in [6, 6.07) is 5.95. The molecule has 0 saturated heterocycles. The Morgan fingerprint density at radius 1 is 1.13 bits per heavy atom. The number of aliphatic hydroxyl groups excluding tert-OH is 1. The molecular formula is C27H30O4. The first-order valence-electron chi connectivity index (χ1n) is 10.2. The van der Waals surface area contributed by atoms with Gasteiger partial charge in [0.15, 0.2) is 0 Å². The largest absolute Gasteiger partial charge is 0.507 e. The maximum atomic E-state index is 11.7. The quantitative estimate of drug-likeness (QED) is 0.419. The summed E-state index contributed by atoms with van der Waals surface area (Å²) in [6.07, 6.45) is 14.7. The van der Waals surface area contributed by atoms with Gasteiger partial charge in [-0.25, -0.2) is 4.79 Å². The van der Waals surface area contributed by atoms with E-state index in [2.05, 4.69) is 6.58 Å². The second-order valence-electron chi connectivity index (χ2n) is 7.48. The van der Waals surface area contributed by atoms with Gasteiger partial charge in [-0.1, -0.05) is 77.9 Å². The summed E-state index contributed by atoms with van der Waals surface area (Å²) in [5, 5.41) is 20.1. The highest BCUT2D eigenvalue weighted by Crippen LogP contribution is 2.23. The molecule has 0 spiro atoms. The van der Waals surface area contributed by atoms with E-state index in [9.17, 15) is 15.0 Å². The summed E-state index contributed by atoms with van der Waals surface area (Å²) in [6.45, 7) is 10.9. The highest BCUT2D eigenvalue weighted by atomic mass is 16.4. The molecule has 0 fully saturated rings. The van der Waals surface area contributed by atoms with Gasteiger partial charge in [-0.15, -0.1) is 6.58 Å². The first kappa shape index (κ1) is 23.9. The number of benzene rings is 1. The van der Waals surface area contributed by atoms with Crippen molar-refractivity contribution in [3.05, 3.63) is 117 Å². The van der Waals surface area contributed by atoms with Crippen LogP contribution in [0.4, 0.5) is 0 Å². The van der Waals surface area contributed by atoms with Crippen molar-refractivity contribution in [2.75, 3.05) is 0 Å². The Morgan fingerprint density at radius 2 is 1.84 bits per heavy atom. The van der Waals surface area contributed by atoms with Gasteiger partial charge in [0.25, 0.3) is 0 Å². The molecule has 0 amide bonds.